The van der Waals surface area contributed by atoms with Gasteiger partial charge in [0, 0.05) is 23.0 Å². The second-order valence-corrected chi connectivity index (χ2v) is 9.47. The van der Waals surface area contributed by atoms with E-state index in [-0.39, 0.29) is 35.2 Å². The average Bonchev–Trinajstić information content (AvgIpc) is 2.70. The van der Waals surface area contributed by atoms with Gasteiger partial charge in [-0.2, -0.15) is 0 Å². The van der Waals surface area contributed by atoms with Gasteiger partial charge in [0.1, 0.15) is 12.2 Å². The molecule has 7 atom stereocenters. The lowest BCUT2D eigenvalue weighted by molar-refractivity contribution is -0.198. The zero-order chi connectivity index (χ0) is 22.8. The summed E-state index contributed by atoms with van der Waals surface area (Å²) in [5.41, 5.74) is 1.83. The molecule has 30 heavy (non-hydrogen) atoms. The molecule has 5 nitrogen and oxygen atoms in total. The first-order chi connectivity index (χ1) is 14.0. The molecule has 1 N–H and O–H groups in total. The van der Waals surface area contributed by atoms with E-state index in [1.54, 1.807) is 32.9 Å². The summed E-state index contributed by atoms with van der Waals surface area (Å²) in [6.07, 6.45) is 3.79. The molecule has 168 valence electrons. The molecule has 7 unspecified atom stereocenters. The Balaban J connectivity index is 2.37. The molecule has 0 heterocycles. The van der Waals surface area contributed by atoms with Crippen LogP contribution in [0.4, 0.5) is 0 Å². The molecule has 2 saturated carbocycles. The van der Waals surface area contributed by atoms with Crippen molar-refractivity contribution in [2.75, 3.05) is 0 Å². The minimum atomic E-state index is -0.826. The maximum Gasteiger partial charge on any atom is 0.333 e. The number of allylic oxidation sites excluding steroid dienone is 2. The van der Waals surface area contributed by atoms with Gasteiger partial charge in [-0.25, -0.2) is 9.59 Å². The molecule has 2 rings (SSSR count). The van der Waals surface area contributed by atoms with Crippen LogP contribution in [0.2, 0.25) is 0 Å². The topological polar surface area (TPSA) is 72.8 Å². The van der Waals surface area contributed by atoms with E-state index in [4.69, 9.17) is 9.47 Å². The number of hydrogen-bond acceptors (Lipinski definition) is 5. The highest BCUT2D eigenvalue weighted by molar-refractivity contribution is 5.88. The Morgan fingerprint density at radius 3 is 2.07 bits per heavy atom. The molecule has 0 spiro atoms. The Hall–Kier alpha value is -1.88. The number of hydrogen-bond donors (Lipinski definition) is 1. The van der Waals surface area contributed by atoms with Crippen LogP contribution in [0, 0.1) is 23.2 Å². The summed E-state index contributed by atoms with van der Waals surface area (Å²) in [5, 5.41) is 11.2. The smallest absolute Gasteiger partial charge is 0.333 e. The molecule has 0 aromatic rings. The SMILES string of the molecule is C=C(C)C1CC2(C)C(C)CC(OC(=O)C(C)=CC)CC2C(OC(=O)C(C)=CC)C1O. The summed E-state index contributed by atoms with van der Waals surface area (Å²) in [4.78, 5) is 24.9. The predicted molar refractivity (Wildman–Crippen MR) is 118 cm³/mol. The summed E-state index contributed by atoms with van der Waals surface area (Å²) in [7, 11) is 0. The molecule has 0 aromatic carbocycles. The quantitative estimate of drug-likeness (QED) is 0.396. The van der Waals surface area contributed by atoms with Crippen molar-refractivity contribution in [2.45, 2.75) is 86.0 Å². The molecule has 0 saturated heterocycles. The van der Waals surface area contributed by atoms with E-state index in [0.717, 1.165) is 18.4 Å². The Morgan fingerprint density at radius 1 is 1.03 bits per heavy atom. The monoisotopic (exact) mass is 418 g/mol. The molecule has 5 heteroatoms. The lowest BCUT2D eigenvalue weighted by atomic mass is 9.51. The van der Waals surface area contributed by atoms with Crippen LogP contribution >= 0.6 is 0 Å². The minimum Gasteiger partial charge on any atom is -0.459 e. The zero-order valence-corrected chi connectivity index (χ0v) is 19.5. The van der Waals surface area contributed by atoms with Crippen LogP contribution in [-0.4, -0.2) is 35.4 Å². The molecule has 2 aliphatic carbocycles. The number of carbonyl (C=O) groups excluding carboxylic acids is 2. The number of fused-ring (bicyclic) bond motifs is 1. The first kappa shape index (κ1) is 24.4. The maximum absolute atomic E-state index is 12.6. The van der Waals surface area contributed by atoms with Crippen molar-refractivity contribution in [3.05, 3.63) is 35.5 Å². The Kier molecular flexibility index (Phi) is 7.73. The van der Waals surface area contributed by atoms with Crippen LogP contribution in [0.1, 0.15) is 67.7 Å². The highest BCUT2D eigenvalue weighted by Crippen LogP contribution is 2.57. The van der Waals surface area contributed by atoms with Gasteiger partial charge in [-0.3, -0.25) is 0 Å². The molecule has 0 radical (unpaired) electrons. The number of esters is 2. The Morgan fingerprint density at radius 2 is 1.57 bits per heavy atom. The van der Waals surface area contributed by atoms with E-state index in [9.17, 15) is 14.7 Å². The van der Waals surface area contributed by atoms with Gasteiger partial charge in [0.2, 0.25) is 0 Å². The molecule has 2 aliphatic rings. The van der Waals surface area contributed by atoms with Gasteiger partial charge in [0.25, 0.3) is 0 Å². The maximum atomic E-state index is 12.6. The normalized spacial score (nSPS) is 37.2. The molecular formula is C25H38O5. The van der Waals surface area contributed by atoms with Crippen molar-refractivity contribution in [2.24, 2.45) is 23.2 Å². The largest absolute Gasteiger partial charge is 0.459 e. The molecule has 2 fully saturated rings. The van der Waals surface area contributed by atoms with Crippen molar-refractivity contribution < 1.29 is 24.2 Å². The lowest BCUT2D eigenvalue weighted by Gasteiger charge is -2.57. The highest BCUT2D eigenvalue weighted by Gasteiger charge is 2.57. The van der Waals surface area contributed by atoms with Crippen LogP contribution in [0.5, 0.6) is 0 Å². The van der Waals surface area contributed by atoms with E-state index in [0.29, 0.717) is 17.6 Å². The molecule has 0 amide bonds. The Bertz CT molecular complexity index is 749. The zero-order valence-electron chi connectivity index (χ0n) is 19.5. The molecule has 0 aliphatic heterocycles. The van der Waals surface area contributed by atoms with Gasteiger partial charge in [-0.05, 0) is 65.2 Å². The summed E-state index contributed by atoms with van der Waals surface area (Å²) in [6.45, 7) is 17.4. The first-order valence-electron chi connectivity index (χ1n) is 11.0. The number of aliphatic hydroxyl groups excluding tert-OH is 1. The van der Waals surface area contributed by atoms with E-state index < -0.39 is 18.2 Å². The van der Waals surface area contributed by atoms with Crippen LogP contribution < -0.4 is 0 Å². The third-order valence-electron chi connectivity index (χ3n) is 7.57. The minimum absolute atomic E-state index is 0.107. The third kappa shape index (κ3) is 4.72. The van der Waals surface area contributed by atoms with Crippen LogP contribution in [0.3, 0.4) is 0 Å². The van der Waals surface area contributed by atoms with Gasteiger partial charge < -0.3 is 14.6 Å². The first-order valence-corrected chi connectivity index (χ1v) is 11.0. The highest BCUT2D eigenvalue weighted by atomic mass is 16.6. The number of aliphatic hydroxyl groups is 1. The average molecular weight is 419 g/mol. The van der Waals surface area contributed by atoms with Gasteiger partial charge >= 0.3 is 11.9 Å². The van der Waals surface area contributed by atoms with Crippen molar-refractivity contribution in [3.8, 4) is 0 Å². The number of carbonyl (C=O) groups is 2. The molecule has 0 aromatic heterocycles. The van der Waals surface area contributed by atoms with E-state index in [1.165, 1.54) is 0 Å². The van der Waals surface area contributed by atoms with E-state index >= 15 is 0 Å². The number of rotatable bonds is 5. The molecule has 0 bridgehead atoms. The van der Waals surface area contributed by atoms with Crippen molar-refractivity contribution in [3.63, 3.8) is 0 Å². The van der Waals surface area contributed by atoms with Gasteiger partial charge in [0.15, 0.2) is 0 Å². The standard InChI is InChI=1S/C25H38O5/c1-9-15(5)23(27)29-18-11-17(7)25(8)13-19(14(3)4)21(26)22(20(25)12-18)30-24(28)16(6)10-2/h9-10,17-22,26H,3,11-13H2,1-2,4-8H3. The second-order valence-electron chi connectivity index (χ2n) is 9.47. The van der Waals surface area contributed by atoms with Gasteiger partial charge in [-0.15, -0.1) is 0 Å². The fraction of sp³-hybridized carbons (Fsp3) is 0.680. The predicted octanol–water partition coefficient (Wildman–Crippen LogP) is 4.75. The van der Waals surface area contributed by atoms with Crippen molar-refractivity contribution in [1.29, 1.82) is 0 Å². The van der Waals surface area contributed by atoms with Crippen LogP contribution in [0.15, 0.2) is 35.5 Å². The van der Waals surface area contributed by atoms with Crippen LogP contribution in [-0.2, 0) is 19.1 Å². The fourth-order valence-electron chi connectivity index (χ4n) is 5.01. The summed E-state index contributed by atoms with van der Waals surface area (Å²) < 4.78 is 11.7. The summed E-state index contributed by atoms with van der Waals surface area (Å²) >= 11 is 0. The van der Waals surface area contributed by atoms with Gasteiger partial charge in [-0.1, -0.05) is 38.2 Å². The van der Waals surface area contributed by atoms with Crippen molar-refractivity contribution >= 4 is 11.9 Å². The Labute approximate surface area is 181 Å². The van der Waals surface area contributed by atoms with Crippen molar-refractivity contribution in [1.82, 2.24) is 0 Å². The molecular weight excluding hydrogens is 380 g/mol. The van der Waals surface area contributed by atoms with E-state index in [2.05, 4.69) is 20.4 Å². The number of ether oxygens (including phenoxy) is 2. The summed E-state index contributed by atoms with van der Waals surface area (Å²) in [6, 6.07) is 0. The summed E-state index contributed by atoms with van der Waals surface area (Å²) in [5.74, 6) is -0.736. The van der Waals surface area contributed by atoms with Crippen LogP contribution in [0.25, 0.3) is 0 Å². The second kappa shape index (κ2) is 9.51. The lowest BCUT2D eigenvalue weighted by Crippen LogP contribution is -2.59. The van der Waals surface area contributed by atoms with E-state index in [1.807, 2.05) is 13.8 Å². The fourth-order valence-corrected chi connectivity index (χ4v) is 5.01. The third-order valence-corrected chi connectivity index (χ3v) is 7.57. The van der Waals surface area contributed by atoms with Gasteiger partial charge in [0.05, 0.1) is 6.10 Å².